The summed E-state index contributed by atoms with van der Waals surface area (Å²) in [5.41, 5.74) is 12.8. The minimum Gasteiger partial charge on any atom is -0.309 e. The first-order valence-electron chi connectivity index (χ1n) is 24.2. The highest BCUT2D eigenvalue weighted by molar-refractivity contribution is 7.20. The number of benzene rings is 11. The number of fused-ring (bicyclic) bond motifs is 9. The normalized spacial score (nSPS) is 12.0. The maximum atomic E-state index is 2.59. The number of aromatic nitrogens is 3. The Hall–Kier alpha value is -8.96. The molecule has 4 heteroatoms. The fourth-order valence-corrected chi connectivity index (χ4v) is 16.7. The van der Waals surface area contributed by atoms with Gasteiger partial charge in [-0.3, -0.25) is 0 Å². The van der Waals surface area contributed by atoms with Gasteiger partial charge in [-0.2, -0.15) is 0 Å². The molecule has 0 spiro atoms. The van der Waals surface area contributed by atoms with E-state index in [0.717, 1.165) is 27.9 Å². The van der Waals surface area contributed by atoms with Gasteiger partial charge in [0.05, 0.1) is 44.5 Å². The molecular formula is C66H45N3Si. The fourth-order valence-electron chi connectivity index (χ4n) is 11.9. The van der Waals surface area contributed by atoms with Gasteiger partial charge in [0.25, 0.3) is 0 Å². The average molecular weight is 908 g/mol. The smallest absolute Gasteiger partial charge is 0.179 e. The quantitative estimate of drug-likeness (QED) is 0.107. The van der Waals surface area contributed by atoms with Crippen molar-refractivity contribution in [3.63, 3.8) is 0 Å². The molecule has 0 unspecified atom stereocenters. The Morgan fingerprint density at radius 1 is 0.243 bits per heavy atom. The van der Waals surface area contributed by atoms with Gasteiger partial charge < -0.3 is 13.7 Å². The lowest BCUT2D eigenvalue weighted by Gasteiger charge is -2.35. The first-order chi connectivity index (χ1) is 34.8. The summed E-state index contributed by atoms with van der Waals surface area (Å²) < 4.78 is 7.65. The monoisotopic (exact) mass is 907 g/mol. The van der Waals surface area contributed by atoms with Gasteiger partial charge in [0.1, 0.15) is 0 Å². The minimum absolute atomic E-state index is 1.12. The van der Waals surface area contributed by atoms with E-state index in [1.165, 1.54) is 86.4 Å². The molecule has 0 radical (unpaired) electrons. The summed E-state index contributed by atoms with van der Waals surface area (Å²) in [6.45, 7) is 0. The molecule has 328 valence electrons. The van der Waals surface area contributed by atoms with Crippen LogP contribution in [0.2, 0.25) is 0 Å². The Labute approximate surface area is 407 Å². The Bertz CT molecular complexity index is 4130. The van der Waals surface area contributed by atoms with Crippen molar-refractivity contribution < 1.29 is 0 Å². The Morgan fingerprint density at radius 3 is 1.23 bits per heavy atom. The molecule has 14 aromatic rings. The van der Waals surface area contributed by atoms with E-state index in [2.05, 4.69) is 287 Å². The zero-order valence-electron chi connectivity index (χ0n) is 38.3. The molecule has 0 N–H and O–H groups in total. The molecule has 3 nitrogen and oxygen atoms in total. The molecule has 3 aromatic heterocycles. The van der Waals surface area contributed by atoms with Crippen molar-refractivity contribution >= 4 is 94.2 Å². The van der Waals surface area contributed by atoms with Crippen LogP contribution in [-0.2, 0) is 0 Å². The Kier molecular flexibility index (Phi) is 9.23. The number of nitrogens with zero attached hydrogens (tertiary/aromatic N) is 3. The van der Waals surface area contributed by atoms with Crippen LogP contribution in [-0.4, -0.2) is 21.8 Å². The molecule has 0 saturated carbocycles. The Morgan fingerprint density at radius 2 is 0.657 bits per heavy atom. The molecule has 0 aliphatic carbocycles. The van der Waals surface area contributed by atoms with Crippen molar-refractivity contribution in [2.45, 2.75) is 0 Å². The summed E-state index contributed by atoms with van der Waals surface area (Å²) in [5.74, 6) is 0. The van der Waals surface area contributed by atoms with E-state index in [1.807, 2.05) is 0 Å². The minimum atomic E-state index is -3.08. The lowest BCUT2D eigenvalue weighted by Crippen LogP contribution is -2.74. The topological polar surface area (TPSA) is 14.8 Å². The van der Waals surface area contributed by atoms with E-state index in [0.29, 0.717) is 0 Å². The lowest BCUT2D eigenvalue weighted by atomic mass is 10.1. The second-order valence-electron chi connectivity index (χ2n) is 18.4. The third kappa shape index (κ3) is 5.94. The molecule has 0 atom stereocenters. The van der Waals surface area contributed by atoms with Crippen LogP contribution >= 0.6 is 0 Å². The van der Waals surface area contributed by atoms with Crippen LogP contribution in [0.1, 0.15) is 0 Å². The molecule has 0 saturated heterocycles. The van der Waals surface area contributed by atoms with Gasteiger partial charge in [-0.15, -0.1) is 0 Å². The third-order valence-corrected chi connectivity index (χ3v) is 19.5. The van der Waals surface area contributed by atoms with Crippen LogP contribution in [0.15, 0.2) is 273 Å². The van der Waals surface area contributed by atoms with Crippen LogP contribution in [0.25, 0.3) is 93.6 Å². The summed E-state index contributed by atoms with van der Waals surface area (Å²) in [4.78, 5) is 0. The van der Waals surface area contributed by atoms with Crippen LogP contribution in [0.4, 0.5) is 0 Å². The molecule has 0 amide bonds. The van der Waals surface area contributed by atoms with Crippen molar-refractivity contribution in [3.8, 4) is 28.2 Å². The summed E-state index contributed by atoms with van der Waals surface area (Å²) in [5, 5.41) is 12.7. The van der Waals surface area contributed by atoms with E-state index in [4.69, 9.17) is 0 Å². The maximum Gasteiger partial charge on any atom is 0.179 e. The summed E-state index contributed by atoms with van der Waals surface area (Å²) in [6, 6.07) is 102. The van der Waals surface area contributed by atoms with Crippen LogP contribution in [0.3, 0.4) is 0 Å². The Balaban J connectivity index is 1.19. The second kappa shape index (κ2) is 16.1. The largest absolute Gasteiger partial charge is 0.309 e. The van der Waals surface area contributed by atoms with E-state index in [9.17, 15) is 0 Å². The number of hydrogen-bond acceptors (Lipinski definition) is 0. The van der Waals surface area contributed by atoms with Crippen molar-refractivity contribution in [3.05, 3.63) is 273 Å². The molecular weight excluding hydrogens is 863 g/mol. The molecule has 0 fully saturated rings. The van der Waals surface area contributed by atoms with Gasteiger partial charge in [0.2, 0.25) is 0 Å². The highest BCUT2D eigenvalue weighted by atomic mass is 28.3. The van der Waals surface area contributed by atoms with Crippen molar-refractivity contribution in [2.24, 2.45) is 0 Å². The van der Waals surface area contributed by atoms with Crippen LogP contribution in [0, 0.1) is 0 Å². The SMILES string of the molecule is c1ccc(-c2cccc(-n3c4ccccc4c4cccc(-n5c6ccccc6c6c(-n7c8ccccc8c8ccccc87)cc([Si](c7ccccc7)(c7ccccc7)c7ccccc7)cc65)c43)c2)cc1. The van der Waals surface area contributed by atoms with Gasteiger partial charge >= 0.3 is 0 Å². The van der Waals surface area contributed by atoms with Gasteiger partial charge in [-0.25, -0.2) is 0 Å². The highest BCUT2D eigenvalue weighted by Crippen LogP contribution is 2.43. The lowest BCUT2D eigenvalue weighted by molar-refractivity contribution is 1.13. The first kappa shape index (κ1) is 40.1. The number of rotatable bonds is 8. The van der Waals surface area contributed by atoms with Gasteiger partial charge in [0, 0.05) is 38.0 Å². The molecule has 11 aromatic carbocycles. The molecule has 70 heavy (non-hydrogen) atoms. The first-order valence-corrected chi connectivity index (χ1v) is 26.2. The van der Waals surface area contributed by atoms with Crippen molar-refractivity contribution in [1.82, 2.24) is 13.7 Å². The van der Waals surface area contributed by atoms with Crippen LogP contribution in [0.5, 0.6) is 0 Å². The average Bonchev–Trinajstić information content (AvgIpc) is 4.09. The van der Waals surface area contributed by atoms with Gasteiger partial charge in [-0.05, 0) is 86.5 Å². The molecule has 0 bridgehead atoms. The standard InChI is InChI=1S/C66H45N3Si/c1-5-23-46(24-6-1)47-25-21-26-48(43-47)67-58-38-17-15-35-55(58)56-37-22-42-62(66(56)67)69-61-41-20-16-36-57(61)65-63(68-59-39-18-13-33-53(59)54-34-14-19-40-60(54)68)44-52(45-64(65)69)70(49-27-7-2-8-28-49,50-29-9-3-10-30-50)51-31-11-4-12-32-51/h1-45H. The number of para-hydroxylation sites is 5. The van der Waals surface area contributed by atoms with Crippen LogP contribution < -0.4 is 20.7 Å². The van der Waals surface area contributed by atoms with Gasteiger partial charge in [-0.1, -0.05) is 218 Å². The van der Waals surface area contributed by atoms with E-state index in [-0.39, 0.29) is 0 Å². The second-order valence-corrected chi connectivity index (χ2v) is 22.2. The summed E-state index contributed by atoms with van der Waals surface area (Å²) >= 11 is 0. The summed E-state index contributed by atoms with van der Waals surface area (Å²) in [6.07, 6.45) is 0. The zero-order chi connectivity index (χ0) is 46.2. The van der Waals surface area contributed by atoms with E-state index in [1.54, 1.807) is 0 Å². The maximum absolute atomic E-state index is 3.08. The molecule has 0 aliphatic rings. The third-order valence-electron chi connectivity index (χ3n) is 14.8. The molecule has 14 rings (SSSR count). The van der Waals surface area contributed by atoms with E-state index < -0.39 is 8.07 Å². The molecule has 0 aliphatic heterocycles. The molecule has 3 heterocycles. The van der Waals surface area contributed by atoms with Crippen molar-refractivity contribution in [1.29, 1.82) is 0 Å². The summed E-state index contributed by atoms with van der Waals surface area (Å²) in [7, 11) is -3.08. The van der Waals surface area contributed by atoms with Gasteiger partial charge in [0.15, 0.2) is 8.07 Å². The van der Waals surface area contributed by atoms with E-state index >= 15 is 0 Å². The number of hydrogen-bond donors (Lipinski definition) is 0. The fraction of sp³-hybridized carbons (Fsp3) is 0. The predicted molar refractivity (Wildman–Crippen MR) is 299 cm³/mol. The van der Waals surface area contributed by atoms with Crippen molar-refractivity contribution in [2.75, 3.05) is 0 Å². The predicted octanol–water partition coefficient (Wildman–Crippen LogP) is 14.0. The zero-order valence-corrected chi connectivity index (χ0v) is 39.3. The highest BCUT2D eigenvalue weighted by Gasteiger charge is 2.42.